The van der Waals surface area contributed by atoms with Gasteiger partial charge in [0.1, 0.15) is 5.76 Å². The minimum atomic E-state index is -3.42. The van der Waals surface area contributed by atoms with Crippen LogP contribution in [0.15, 0.2) is 16.5 Å². The number of anilines is 2. The van der Waals surface area contributed by atoms with E-state index in [-0.39, 0.29) is 16.0 Å². The van der Waals surface area contributed by atoms with E-state index in [9.17, 15) is 13.2 Å². The minimum Gasteiger partial charge on any atom is -0.456 e. The van der Waals surface area contributed by atoms with Gasteiger partial charge >= 0.3 is 0 Å². The topological polar surface area (TPSA) is 114 Å². The number of nitrogens with zero attached hydrogens (tertiary/aromatic N) is 2. The van der Waals surface area contributed by atoms with Crippen LogP contribution in [0.2, 0.25) is 0 Å². The molecule has 3 rings (SSSR count). The van der Waals surface area contributed by atoms with E-state index in [1.165, 1.54) is 0 Å². The zero-order valence-electron chi connectivity index (χ0n) is 11.9. The highest BCUT2D eigenvalue weighted by Gasteiger charge is 2.37. The summed E-state index contributed by atoms with van der Waals surface area (Å²) in [5.41, 5.74) is 0. The maximum atomic E-state index is 12.0. The number of nitrogens with one attached hydrogen (secondary N) is 2. The Morgan fingerprint density at radius 3 is 2.68 bits per heavy atom. The van der Waals surface area contributed by atoms with Gasteiger partial charge in [0.15, 0.2) is 5.76 Å². The Bertz CT molecular complexity index is 811. The SMILES string of the molecule is C[C@@H]1C[C@H]1c1ccc(C(=O)Nc2nnc(NS(C)(=O)=O)s2)o1. The second-order valence-corrected chi connectivity index (χ2v) is 7.99. The minimum absolute atomic E-state index is 0.0877. The average Bonchev–Trinajstić information content (AvgIpc) is 2.84. The van der Waals surface area contributed by atoms with Crippen molar-refractivity contribution in [2.24, 2.45) is 5.92 Å². The Labute approximate surface area is 131 Å². The molecule has 2 heterocycles. The van der Waals surface area contributed by atoms with Crippen molar-refractivity contribution in [1.82, 2.24) is 10.2 Å². The molecule has 0 unspecified atom stereocenters. The van der Waals surface area contributed by atoms with Crippen LogP contribution in [0.25, 0.3) is 0 Å². The zero-order chi connectivity index (χ0) is 15.9. The van der Waals surface area contributed by atoms with Crippen LogP contribution in [0.4, 0.5) is 10.3 Å². The summed E-state index contributed by atoms with van der Waals surface area (Å²) in [6, 6.07) is 3.42. The largest absolute Gasteiger partial charge is 0.456 e. The molecular weight excluding hydrogens is 328 g/mol. The van der Waals surface area contributed by atoms with Crippen molar-refractivity contribution in [3.63, 3.8) is 0 Å². The lowest BCUT2D eigenvalue weighted by Crippen LogP contribution is -2.10. The van der Waals surface area contributed by atoms with Crippen LogP contribution < -0.4 is 10.0 Å². The molecule has 2 aromatic heterocycles. The maximum absolute atomic E-state index is 12.0. The first-order valence-corrected chi connectivity index (χ1v) is 9.25. The molecule has 1 amide bonds. The predicted octanol–water partition coefficient (Wildman–Crippen LogP) is 1.88. The molecule has 8 nitrogen and oxygen atoms in total. The number of rotatable bonds is 5. The molecule has 1 aliphatic rings. The average molecular weight is 342 g/mol. The first-order chi connectivity index (χ1) is 10.3. The van der Waals surface area contributed by atoms with Gasteiger partial charge in [-0.2, -0.15) is 0 Å². The number of hydrogen-bond donors (Lipinski definition) is 2. The van der Waals surface area contributed by atoms with Crippen LogP contribution in [-0.4, -0.2) is 30.8 Å². The Morgan fingerprint density at radius 2 is 2.05 bits per heavy atom. The lowest BCUT2D eigenvalue weighted by molar-refractivity contribution is 0.0994. The van der Waals surface area contributed by atoms with E-state index >= 15 is 0 Å². The Balaban J connectivity index is 1.65. The molecule has 0 saturated heterocycles. The standard InChI is InChI=1S/C12H14N4O4S2/c1-6-5-7(6)8-3-4-9(20-8)10(17)13-11-14-15-12(21-11)16-22(2,18)19/h3-4,6-7H,5H2,1-2H3,(H,15,16)(H,13,14,17)/t6-,7-/m1/s1. The monoisotopic (exact) mass is 342 g/mol. The third-order valence-electron chi connectivity index (χ3n) is 3.24. The molecule has 1 fully saturated rings. The molecule has 118 valence electrons. The summed E-state index contributed by atoms with van der Waals surface area (Å²) in [6.45, 7) is 2.13. The van der Waals surface area contributed by atoms with Crippen molar-refractivity contribution < 1.29 is 17.6 Å². The predicted molar refractivity (Wildman–Crippen MR) is 81.6 cm³/mol. The summed E-state index contributed by atoms with van der Waals surface area (Å²) in [7, 11) is -3.42. The van der Waals surface area contributed by atoms with E-state index < -0.39 is 15.9 Å². The number of hydrogen-bond acceptors (Lipinski definition) is 7. The Kier molecular flexibility index (Phi) is 3.65. The van der Waals surface area contributed by atoms with Crippen LogP contribution in [0, 0.1) is 5.92 Å². The highest BCUT2D eigenvalue weighted by atomic mass is 32.2. The molecule has 22 heavy (non-hydrogen) atoms. The fourth-order valence-corrected chi connectivity index (χ4v) is 3.49. The molecule has 0 spiro atoms. The molecule has 1 aliphatic carbocycles. The highest BCUT2D eigenvalue weighted by Crippen LogP contribution is 2.47. The molecule has 2 aromatic rings. The van der Waals surface area contributed by atoms with E-state index in [4.69, 9.17) is 4.42 Å². The number of carbonyl (C=O) groups is 1. The molecule has 0 radical (unpaired) electrons. The van der Waals surface area contributed by atoms with Crippen LogP contribution in [0.3, 0.4) is 0 Å². The third kappa shape index (κ3) is 3.45. The van der Waals surface area contributed by atoms with Gasteiger partial charge in [-0.3, -0.25) is 14.8 Å². The quantitative estimate of drug-likeness (QED) is 0.857. The molecule has 1 saturated carbocycles. The summed E-state index contributed by atoms with van der Waals surface area (Å²) < 4.78 is 29.9. The van der Waals surface area contributed by atoms with Crippen molar-refractivity contribution in [2.75, 3.05) is 16.3 Å². The molecule has 0 aromatic carbocycles. The maximum Gasteiger partial charge on any atom is 0.293 e. The summed E-state index contributed by atoms with van der Waals surface area (Å²) >= 11 is 0.922. The van der Waals surface area contributed by atoms with Crippen molar-refractivity contribution in [3.05, 3.63) is 23.7 Å². The van der Waals surface area contributed by atoms with Gasteiger partial charge in [-0.1, -0.05) is 18.3 Å². The van der Waals surface area contributed by atoms with Gasteiger partial charge in [-0.15, -0.1) is 10.2 Å². The van der Waals surface area contributed by atoms with Crippen molar-refractivity contribution in [2.45, 2.75) is 19.3 Å². The number of aromatic nitrogens is 2. The van der Waals surface area contributed by atoms with Gasteiger partial charge in [0.2, 0.25) is 20.3 Å². The Morgan fingerprint density at radius 1 is 1.36 bits per heavy atom. The summed E-state index contributed by atoms with van der Waals surface area (Å²) in [5, 5.41) is 10.1. The Hall–Kier alpha value is -1.94. The number of sulfonamides is 1. The van der Waals surface area contributed by atoms with E-state index in [1.54, 1.807) is 12.1 Å². The van der Waals surface area contributed by atoms with Crippen molar-refractivity contribution in [3.8, 4) is 0 Å². The van der Waals surface area contributed by atoms with Gasteiger partial charge in [-0.05, 0) is 24.5 Å². The van der Waals surface area contributed by atoms with Crippen LogP contribution in [-0.2, 0) is 10.0 Å². The molecule has 2 atom stereocenters. The van der Waals surface area contributed by atoms with Crippen LogP contribution >= 0.6 is 11.3 Å². The van der Waals surface area contributed by atoms with Gasteiger partial charge in [-0.25, -0.2) is 8.42 Å². The molecule has 2 N–H and O–H groups in total. The lowest BCUT2D eigenvalue weighted by atomic mass is 10.3. The zero-order valence-corrected chi connectivity index (χ0v) is 13.5. The molecular formula is C12H14N4O4S2. The van der Waals surface area contributed by atoms with Crippen molar-refractivity contribution >= 4 is 37.5 Å². The van der Waals surface area contributed by atoms with Gasteiger partial charge in [0.05, 0.1) is 6.26 Å². The highest BCUT2D eigenvalue weighted by molar-refractivity contribution is 7.92. The number of carbonyl (C=O) groups excluding carboxylic acids is 1. The van der Waals surface area contributed by atoms with Gasteiger partial charge < -0.3 is 4.42 Å². The number of amides is 1. The van der Waals surface area contributed by atoms with E-state index in [0.717, 1.165) is 29.8 Å². The summed E-state index contributed by atoms with van der Waals surface area (Å²) in [6.07, 6.45) is 2.08. The van der Waals surface area contributed by atoms with E-state index in [0.29, 0.717) is 11.8 Å². The summed E-state index contributed by atoms with van der Waals surface area (Å²) in [4.78, 5) is 12.0. The van der Waals surface area contributed by atoms with Gasteiger partial charge in [0, 0.05) is 5.92 Å². The van der Waals surface area contributed by atoms with Crippen molar-refractivity contribution in [1.29, 1.82) is 0 Å². The van der Waals surface area contributed by atoms with E-state index in [2.05, 4.69) is 27.2 Å². The molecule has 0 aliphatic heterocycles. The molecule has 0 bridgehead atoms. The fourth-order valence-electron chi connectivity index (χ4n) is 2.03. The smallest absolute Gasteiger partial charge is 0.293 e. The second-order valence-electron chi connectivity index (χ2n) is 5.26. The first kappa shape index (κ1) is 15.0. The van der Waals surface area contributed by atoms with Gasteiger partial charge in [0.25, 0.3) is 5.91 Å². The normalized spacial score (nSPS) is 20.6. The first-order valence-electron chi connectivity index (χ1n) is 6.54. The third-order valence-corrected chi connectivity index (χ3v) is 4.69. The lowest BCUT2D eigenvalue weighted by Gasteiger charge is -1.97. The van der Waals surface area contributed by atoms with E-state index in [1.807, 2.05) is 0 Å². The molecule has 10 heteroatoms. The second kappa shape index (κ2) is 5.36. The summed E-state index contributed by atoms with van der Waals surface area (Å²) in [5.74, 6) is 1.56. The van der Waals surface area contributed by atoms with Crippen LogP contribution in [0.5, 0.6) is 0 Å². The number of furan rings is 1. The van der Waals surface area contributed by atoms with Crippen LogP contribution in [0.1, 0.15) is 35.6 Å². The fraction of sp³-hybridized carbons (Fsp3) is 0.417.